The molecular formula is C19H26N4O2. The molecule has 2 aromatic heterocycles. The molecule has 6 nitrogen and oxygen atoms in total. The molecule has 2 fully saturated rings. The number of aromatic nitrogens is 3. The Bertz CT molecular complexity index is 809. The van der Waals surface area contributed by atoms with Crippen LogP contribution in [0.25, 0.3) is 11.0 Å². The molecule has 1 saturated heterocycles. The van der Waals surface area contributed by atoms with Crippen molar-refractivity contribution in [3.05, 3.63) is 23.5 Å². The molecule has 2 atom stereocenters. The van der Waals surface area contributed by atoms with E-state index in [4.69, 9.17) is 9.72 Å². The van der Waals surface area contributed by atoms with E-state index in [1.165, 1.54) is 0 Å². The fraction of sp³-hybridized carbons (Fsp3) is 0.632. The second-order valence-corrected chi connectivity index (χ2v) is 7.74. The van der Waals surface area contributed by atoms with Gasteiger partial charge in [-0.25, -0.2) is 9.67 Å². The average molecular weight is 342 g/mol. The smallest absolute Gasteiger partial charge is 0.255 e. The summed E-state index contributed by atoms with van der Waals surface area (Å²) < 4.78 is 7.60. The van der Waals surface area contributed by atoms with Gasteiger partial charge in [-0.3, -0.25) is 4.79 Å². The van der Waals surface area contributed by atoms with Crippen molar-refractivity contribution in [3.8, 4) is 0 Å². The van der Waals surface area contributed by atoms with Crippen LogP contribution in [0.5, 0.6) is 0 Å². The van der Waals surface area contributed by atoms with Crippen LogP contribution in [0, 0.1) is 0 Å². The van der Waals surface area contributed by atoms with Crippen molar-refractivity contribution in [1.29, 1.82) is 0 Å². The summed E-state index contributed by atoms with van der Waals surface area (Å²) >= 11 is 0. The van der Waals surface area contributed by atoms with Crippen molar-refractivity contribution in [2.75, 3.05) is 13.2 Å². The first-order valence-corrected chi connectivity index (χ1v) is 9.26. The van der Waals surface area contributed by atoms with E-state index in [-0.39, 0.29) is 24.1 Å². The van der Waals surface area contributed by atoms with E-state index < -0.39 is 0 Å². The minimum Gasteiger partial charge on any atom is -0.375 e. The van der Waals surface area contributed by atoms with E-state index in [0.717, 1.165) is 35.1 Å². The number of hydrogen-bond acceptors (Lipinski definition) is 4. The standard InChI is InChI=1S/C19H26N4O2/c1-11(2)23-18-16(8-20-23)15(7-17(21-18)14-5-6-14)19(24)22-9-13(4)25-10-12(22)3/h7-8,11-14H,5-6,9-10H2,1-4H3. The minimum atomic E-state index is 0.0683. The normalized spacial score (nSPS) is 24.3. The molecule has 25 heavy (non-hydrogen) atoms. The highest BCUT2D eigenvalue weighted by Gasteiger charge is 2.32. The summed E-state index contributed by atoms with van der Waals surface area (Å²) in [5.41, 5.74) is 2.60. The maximum atomic E-state index is 13.3. The Hall–Kier alpha value is -1.95. The molecule has 134 valence electrons. The highest BCUT2D eigenvalue weighted by molar-refractivity contribution is 6.05. The van der Waals surface area contributed by atoms with Gasteiger partial charge < -0.3 is 9.64 Å². The zero-order chi connectivity index (χ0) is 17.7. The highest BCUT2D eigenvalue weighted by atomic mass is 16.5. The molecule has 1 amide bonds. The van der Waals surface area contributed by atoms with Gasteiger partial charge in [-0.2, -0.15) is 5.10 Å². The molecule has 4 rings (SSSR count). The Morgan fingerprint density at radius 1 is 1.32 bits per heavy atom. The molecule has 2 aromatic rings. The van der Waals surface area contributed by atoms with Crippen molar-refractivity contribution in [2.45, 2.75) is 64.6 Å². The van der Waals surface area contributed by atoms with E-state index in [1.54, 1.807) is 6.20 Å². The zero-order valence-electron chi connectivity index (χ0n) is 15.4. The molecular weight excluding hydrogens is 316 g/mol. The predicted octanol–water partition coefficient (Wildman–Crippen LogP) is 3.14. The van der Waals surface area contributed by atoms with Crippen LogP contribution < -0.4 is 0 Å². The molecule has 2 unspecified atom stereocenters. The van der Waals surface area contributed by atoms with Crippen molar-refractivity contribution < 1.29 is 9.53 Å². The third kappa shape index (κ3) is 2.92. The SMILES string of the molecule is CC1CN(C(=O)c2cc(C3CC3)nc3c2cnn3C(C)C)C(C)CO1. The van der Waals surface area contributed by atoms with Crippen LogP contribution in [0.3, 0.4) is 0 Å². The number of morpholine rings is 1. The van der Waals surface area contributed by atoms with Gasteiger partial charge in [-0.05, 0) is 46.6 Å². The van der Waals surface area contributed by atoms with Gasteiger partial charge in [0.15, 0.2) is 5.65 Å². The molecule has 6 heteroatoms. The monoisotopic (exact) mass is 342 g/mol. The van der Waals surface area contributed by atoms with Crippen molar-refractivity contribution in [1.82, 2.24) is 19.7 Å². The third-order valence-electron chi connectivity index (χ3n) is 5.17. The van der Waals surface area contributed by atoms with Crippen molar-refractivity contribution >= 4 is 16.9 Å². The summed E-state index contributed by atoms with van der Waals surface area (Å²) in [7, 11) is 0. The second-order valence-electron chi connectivity index (χ2n) is 7.74. The molecule has 0 radical (unpaired) electrons. The lowest BCUT2D eigenvalue weighted by Gasteiger charge is -2.37. The topological polar surface area (TPSA) is 60.2 Å². The van der Waals surface area contributed by atoms with Gasteiger partial charge in [0.2, 0.25) is 0 Å². The Morgan fingerprint density at radius 2 is 2.08 bits per heavy atom. The molecule has 1 aliphatic heterocycles. The number of amides is 1. The summed E-state index contributed by atoms with van der Waals surface area (Å²) in [6.07, 6.45) is 4.18. The Balaban J connectivity index is 1.81. The van der Waals surface area contributed by atoms with E-state index in [2.05, 4.69) is 18.9 Å². The molecule has 1 saturated carbocycles. The van der Waals surface area contributed by atoms with Crippen LogP contribution in [0.2, 0.25) is 0 Å². The molecule has 0 aromatic carbocycles. The van der Waals surface area contributed by atoms with Gasteiger partial charge >= 0.3 is 0 Å². The minimum absolute atomic E-state index is 0.0683. The van der Waals surface area contributed by atoms with Gasteiger partial charge in [-0.1, -0.05) is 0 Å². The van der Waals surface area contributed by atoms with Crippen molar-refractivity contribution in [2.24, 2.45) is 0 Å². The fourth-order valence-corrected chi connectivity index (χ4v) is 3.52. The number of carbonyl (C=O) groups excluding carboxylic acids is 1. The molecule has 2 aliphatic rings. The predicted molar refractivity (Wildman–Crippen MR) is 95.8 cm³/mol. The van der Waals surface area contributed by atoms with Crippen LogP contribution in [0.4, 0.5) is 0 Å². The molecule has 0 bridgehead atoms. The molecule has 0 spiro atoms. The third-order valence-corrected chi connectivity index (χ3v) is 5.17. The Kier molecular flexibility index (Phi) is 4.02. The van der Waals surface area contributed by atoms with Gasteiger partial charge in [0.05, 0.1) is 35.9 Å². The summed E-state index contributed by atoms with van der Waals surface area (Å²) in [4.78, 5) is 20.1. The van der Waals surface area contributed by atoms with Gasteiger partial charge in [0, 0.05) is 24.2 Å². The largest absolute Gasteiger partial charge is 0.375 e. The Morgan fingerprint density at radius 3 is 2.76 bits per heavy atom. The first kappa shape index (κ1) is 16.5. The number of ether oxygens (including phenoxy) is 1. The summed E-state index contributed by atoms with van der Waals surface area (Å²) in [6, 6.07) is 2.29. The van der Waals surface area contributed by atoms with Crippen LogP contribution in [-0.2, 0) is 4.74 Å². The van der Waals surface area contributed by atoms with Gasteiger partial charge in [-0.15, -0.1) is 0 Å². The molecule has 0 N–H and O–H groups in total. The number of fused-ring (bicyclic) bond motifs is 1. The lowest BCUT2D eigenvalue weighted by Crippen LogP contribution is -2.50. The quantitative estimate of drug-likeness (QED) is 0.860. The first-order chi connectivity index (χ1) is 12.0. The van der Waals surface area contributed by atoms with Crippen LogP contribution >= 0.6 is 0 Å². The fourth-order valence-electron chi connectivity index (χ4n) is 3.52. The lowest BCUT2D eigenvalue weighted by atomic mass is 10.1. The maximum absolute atomic E-state index is 13.3. The summed E-state index contributed by atoms with van der Waals surface area (Å²) in [5, 5.41) is 5.35. The van der Waals surface area contributed by atoms with Gasteiger partial charge in [0.1, 0.15) is 0 Å². The highest BCUT2D eigenvalue weighted by Crippen LogP contribution is 2.40. The van der Waals surface area contributed by atoms with E-state index in [9.17, 15) is 4.79 Å². The van der Waals surface area contributed by atoms with Crippen molar-refractivity contribution in [3.63, 3.8) is 0 Å². The number of hydrogen-bond donors (Lipinski definition) is 0. The van der Waals surface area contributed by atoms with E-state index in [1.807, 2.05) is 29.5 Å². The first-order valence-electron chi connectivity index (χ1n) is 9.26. The van der Waals surface area contributed by atoms with Gasteiger partial charge in [0.25, 0.3) is 5.91 Å². The molecule has 3 heterocycles. The van der Waals surface area contributed by atoms with Crippen LogP contribution in [0.1, 0.15) is 68.5 Å². The van der Waals surface area contributed by atoms with E-state index >= 15 is 0 Å². The van der Waals surface area contributed by atoms with Crippen LogP contribution in [0.15, 0.2) is 12.3 Å². The molecule has 1 aliphatic carbocycles. The van der Waals surface area contributed by atoms with Crippen LogP contribution in [-0.4, -0.2) is 50.9 Å². The zero-order valence-corrected chi connectivity index (χ0v) is 15.4. The number of nitrogens with zero attached hydrogens (tertiary/aromatic N) is 4. The number of pyridine rings is 1. The lowest BCUT2D eigenvalue weighted by molar-refractivity contribution is -0.0386. The Labute approximate surface area is 148 Å². The number of carbonyl (C=O) groups is 1. The van der Waals surface area contributed by atoms with E-state index in [0.29, 0.717) is 19.1 Å². The maximum Gasteiger partial charge on any atom is 0.255 e. The summed E-state index contributed by atoms with van der Waals surface area (Å²) in [6.45, 7) is 9.45. The second kappa shape index (κ2) is 6.09. The summed E-state index contributed by atoms with van der Waals surface area (Å²) in [5.74, 6) is 0.563. The average Bonchev–Trinajstić information content (AvgIpc) is 3.34. The number of rotatable bonds is 3.